The summed E-state index contributed by atoms with van der Waals surface area (Å²) in [5, 5.41) is 13.7. The number of benzene rings is 3. The van der Waals surface area contributed by atoms with Crippen LogP contribution >= 0.6 is 12.1 Å². The van der Waals surface area contributed by atoms with Crippen molar-refractivity contribution in [2.24, 2.45) is 5.41 Å². The fourth-order valence-electron chi connectivity index (χ4n) is 7.13. The second-order valence-corrected chi connectivity index (χ2v) is 13.6. The van der Waals surface area contributed by atoms with Crippen LogP contribution in [0.4, 0.5) is 14.5 Å². The van der Waals surface area contributed by atoms with Crippen LogP contribution in [0.1, 0.15) is 62.0 Å². The van der Waals surface area contributed by atoms with Crippen molar-refractivity contribution in [3.05, 3.63) is 88.2 Å². The van der Waals surface area contributed by atoms with Crippen LogP contribution in [-0.2, 0) is 0 Å². The molecule has 3 heterocycles. The fraction of sp³-hybridized carbons (Fsp3) is 0.400. The zero-order chi connectivity index (χ0) is 31.7. The normalized spacial score (nSPS) is 20.2. The summed E-state index contributed by atoms with van der Waals surface area (Å²) in [5.74, 6) is -0.242. The van der Waals surface area contributed by atoms with Crippen molar-refractivity contribution >= 4 is 28.7 Å². The van der Waals surface area contributed by atoms with Crippen molar-refractivity contribution in [1.29, 1.82) is 5.26 Å². The Bertz CT molecular complexity index is 1830. The van der Waals surface area contributed by atoms with E-state index in [2.05, 4.69) is 27.2 Å². The van der Waals surface area contributed by atoms with E-state index in [9.17, 15) is 18.8 Å². The molecule has 2 N–H and O–H groups in total. The molecule has 46 heavy (non-hydrogen) atoms. The third kappa shape index (κ3) is 6.21. The van der Waals surface area contributed by atoms with Gasteiger partial charge in [0, 0.05) is 25.2 Å². The van der Waals surface area contributed by atoms with Crippen LogP contribution in [0.2, 0.25) is 0 Å². The second-order valence-electron chi connectivity index (χ2n) is 12.7. The largest absolute Gasteiger partial charge is 0.453 e. The summed E-state index contributed by atoms with van der Waals surface area (Å²) in [4.78, 5) is 18.2. The molecule has 0 amide bonds. The molecule has 3 fully saturated rings. The van der Waals surface area contributed by atoms with Gasteiger partial charge in [0.25, 0.3) is 5.56 Å². The predicted molar refractivity (Wildman–Crippen MR) is 177 cm³/mol. The highest BCUT2D eigenvalue weighted by Gasteiger charge is 2.36. The number of ether oxygens (including phenoxy) is 1. The molecule has 1 saturated carbocycles. The third-order valence-corrected chi connectivity index (χ3v) is 10.8. The maximum Gasteiger partial charge on any atom is 0.265 e. The quantitative estimate of drug-likeness (QED) is 0.204. The fourth-order valence-corrected chi connectivity index (χ4v) is 7.96. The van der Waals surface area contributed by atoms with Crippen molar-refractivity contribution in [2.45, 2.75) is 57.0 Å². The molecule has 4 aromatic rings. The number of nitrogens with zero attached hydrogens (tertiary/aromatic N) is 4. The molecule has 0 radical (unpaired) electrons. The zero-order valence-corrected chi connectivity index (χ0v) is 26.3. The lowest BCUT2D eigenvalue weighted by Gasteiger charge is -2.43. The first-order chi connectivity index (χ1) is 22.4. The summed E-state index contributed by atoms with van der Waals surface area (Å²) in [5.41, 5.74) is 3.05. The van der Waals surface area contributed by atoms with Crippen molar-refractivity contribution in [1.82, 2.24) is 19.2 Å². The lowest BCUT2D eigenvalue weighted by atomic mass is 9.65. The van der Waals surface area contributed by atoms with Gasteiger partial charge in [-0.1, -0.05) is 12.1 Å². The molecule has 11 heteroatoms. The van der Waals surface area contributed by atoms with Gasteiger partial charge < -0.3 is 14.8 Å². The number of anilines is 1. The number of alkyl halides is 1. The van der Waals surface area contributed by atoms with E-state index < -0.39 is 12.0 Å². The van der Waals surface area contributed by atoms with Gasteiger partial charge in [0.1, 0.15) is 29.9 Å². The first-order valence-electron chi connectivity index (χ1n) is 16.0. The molecule has 1 unspecified atom stereocenters. The molecular weight excluding hydrogens is 606 g/mol. The number of nitrogens with one attached hydrogen (secondary N) is 2. The minimum absolute atomic E-state index is 0.0313. The average molecular weight is 643 g/mol. The van der Waals surface area contributed by atoms with Crippen LogP contribution < -0.4 is 20.3 Å². The summed E-state index contributed by atoms with van der Waals surface area (Å²) in [6, 6.07) is 17.6. The van der Waals surface area contributed by atoms with Gasteiger partial charge in [0.05, 0.1) is 22.3 Å². The maximum atomic E-state index is 15.0. The third-order valence-electron chi connectivity index (χ3n) is 9.90. The van der Waals surface area contributed by atoms with Gasteiger partial charge in [0.2, 0.25) is 0 Å². The average Bonchev–Trinajstić information content (AvgIpc) is 3.51. The Kier molecular flexibility index (Phi) is 8.68. The zero-order valence-electron chi connectivity index (χ0n) is 25.5. The predicted octanol–water partition coefficient (Wildman–Crippen LogP) is 7.24. The highest BCUT2D eigenvalue weighted by molar-refractivity contribution is 7.98. The Labute approximate surface area is 271 Å². The van der Waals surface area contributed by atoms with Crippen molar-refractivity contribution in [3.8, 4) is 23.3 Å². The number of fused-ring (bicyclic) bond motifs is 1. The Morgan fingerprint density at radius 1 is 1.04 bits per heavy atom. The molecule has 2 saturated heterocycles. The van der Waals surface area contributed by atoms with Crippen LogP contribution in [0.3, 0.4) is 0 Å². The van der Waals surface area contributed by atoms with E-state index in [1.54, 1.807) is 12.1 Å². The van der Waals surface area contributed by atoms with Crippen LogP contribution in [0.15, 0.2) is 65.7 Å². The van der Waals surface area contributed by atoms with Gasteiger partial charge in [-0.25, -0.2) is 18.1 Å². The summed E-state index contributed by atoms with van der Waals surface area (Å²) in [6.07, 6.45) is 8.58. The molecule has 8 nitrogen and oxygen atoms in total. The molecule has 0 bridgehead atoms. The number of halogens is 2. The lowest BCUT2D eigenvalue weighted by Crippen LogP contribution is -2.38. The van der Waals surface area contributed by atoms with Crippen molar-refractivity contribution < 1.29 is 13.5 Å². The van der Waals surface area contributed by atoms with Crippen LogP contribution in [0.25, 0.3) is 16.6 Å². The highest BCUT2D eigenvalue weighted by Crippen LogP contribution is 2.48. The number of nitriles is 1. The minimum Gasteiger partial charge on any atom is -0.453 e. The number of aromatic nitrogens is 2. The Balaban J connectivity index is 1.09. The Morgan fingerprint density at radius 3 is 2.54 bits per heavy atom. The number of hydrogen-bond acceptors (Lipinski definition) is 8. The number of rotatable bonds is 7. The first kappa shape index (κ1) is 30.7. The monoisotopic (exact) mass is 642 g/mol. The summed E-state index contributed by atoms with van der Waals surface area (Å²) in [7, 11) is 0. The molecule has 1 spiro atoms. The van der Waals surface area contributed by atoms with Gasteiger partial charge >= 0.3 is 0 Å². The van der Waals surface area contributed by atoms with Crippen LogP contribution in [0.5, 0.6) is 11.5 Å². The standard InChI is InChI=1S/C35H36F2N6O2S/c36-25-11-18-42(21-25)46-41-32-8-6-30(37)33(29(32)20-38)45-27-5-7-31-28(19-27)34(44)43(22-40-31)26-3-1-23(2-4-26)24-9-12-35(13-10-24)14-16-39-17-15-35/h1-8,19,22,24-25,39,41H,9-18,21H2. The SMILES string of the molecule is N#Cc1c(NSN2CCC(F)C2)ccc(F)c1Oc1ccc2ncn(-c3ccc(C4CCC5(CCNCC5)CC4)cc3)c(=O)c2c1. The lowest BCUT2D eigenvalue weighted by molar-refractivity contribution is 0.123. The van der Waals surface area contributed by atoms with Crippen molar-refractivity contribution in [3.63, 3.8) is 0 Å². The molecule has 3 aromatic carbocycles. The van der Waals surface area contributed by atoms with Gasteiger partial charge in [-0.05, 0) is 117 Å². The molecule has 1 atom stereocenters. The van der Waals surface area contributed by atoms with Gasteiger partial charge in [-0.2, -0.15) is 5.26 Å². The summed E-state index contributed by atoms with van der Waals surface area (Å²) >= 11 is 1.17. The Hall–Kier alpha value is -3.98. The maximum absolute atomic E-state index is 15.0. The van der Waals surface area contributed by atoms with E-state index in [0.717, 1.165) is 13.1 Å². The van der Waals surface area contributed by atoms with E-state index in [-0.39, 0.29) is 29.2 Å². The van der Waals surface area contributed by atoms with E-state index in [1.807, 2.05) is 22.5 Å². The first-order valence-corrected chi connectivity index (χ1v) is 16.7. The van der Waals surface area contributed by atoms with Gasteiger partial charge in [-0.3, -0.25) is 9.36 Å². The van der Waals surface area contributed by atoms with E-state index in [1.165, 1.54) is 85.3 Å². The van der Waals surface area contributed by atoms with Crippen LogP contribution in [0, 0.1) is 22.6 Å². The topological polar surface area (TPSA) is 95.2 Å². The van der Waals surface area contributed by atoms with E-state index >= 15 is 0 Å². The van der Waals surface area contributed by atoms with Crippen LogP contribution in [-0.4, -0.2) is 46.2 Å². The molecule has 3 aliphatic rings. The smallest absolute Gasteiger partial charge is 0.265 e. The van der Waals surface area contributed by atoms with Gasteiger partial charge in [0.15, 0.2) is 11.6 Å². The highest BCUT2D eigenvalue weighted by atomic mass is 32.2. The number of hydrogen-bond donors (Lipinski definition) is 2. The van der Waals surface area contributed by atoms with Crippen molar-refractivity contribution in [2.75, 3.05) is 30.9 Å². The number of piperidine rings is 1. The molecule has 7 rings (SSSR count). The molecule has 1 aliphatic carbocycles. The molecular formula is C35H36F2N6O2S. The second kappa shape index (κ2) is 13.0. The van der Waals surface area contributed by atoms with E-state index in [0.29, 0.717) is 46.6 Å². The molecule has 1 aromatic heterocycles. The summed E-state index contributed by atoms with van der Waals surface area (Å²) < 4.78 is 40.8. The minimum atomic E-state index is -0.892. The summed E-state index contributed by atoms with van der Waals surface area (Å²) in [6.45, 7) is 3.10. The molecule has 238 valence electrons. The van der Waals surface area contributed by atoms with Gasteiger partial charge in [-0.15, -0.1) is 0 Å². The molecule has 2 aliphatic heterocycles. The van der Waals surface area contributed by atoms with E-state index in [4.69, 9.17) is 4.74 Å². The Morgan fingerprint density at radius 2 is 1.83 bits per heavy atom.